The molecule has 0 aliphatic rings. The van der Waals surface area contributed by atoms with Crippen LogP contribution in [0, 0.1) is 0 Å². The number of hydrogen-bond acceptors (Lipinski definition) is 2. The minimum absolute atomic E-state index is 0.307. The molecule has 0 radical (unpaired) electrons. The maximum absolute atomic E-state index is 11.8. The topological polar surface area (TPSA) is 29.1 Å². The molecule has 1 rings (SSSR count). The van der Waals surface area contributed by atoms with Crippen LogP contribution in [0.1, 0.15) is 13.8 Å². The van der Waals surface area contributed by atoms with E-state index in [1.54, 1.807) is 0 Å². The fraction of sp³-hybridized carbons (Fsp3) is 0.455. The summed E-state index contributed by atoms with van der Waals surface area (Å²) in [5.41, 5.74) is 0. The minimum Gasteiger partial charge on any atom is -0.314 e. The van der Waals surface area contributed by atoms with Crippen molar-refractivity contribution in [2.24, 2.45) is 0 Å². The van der Waals surface area contributed by atoms with Crippen molar-refractivity contribution >= 4 is 10.8 Å². The van der Waals surface area contributed by atoms with E-state index < -0.39 is 10.8 Å². The molecular weight excluding hydrogens is 194 g/mol. The molecule has 2 nitrogen and oxygen atoms in total. The van der Waals surface area contributed by atoms with Gasteiger partial charge in [-0.3, -0.25) is 4.21 Å². The first-order valence-electron chi connectivity index (χ1n) is 4.91. The maximum atomic E-state index is 11.8. The molecule has 14 heavy (non-hydrogen) atoms. The predicted molar refractivity (Wildman–Crippen MR) is 60.9 cm³/mol. The van der Waals surface area contributed by atoms with Crippen molar-refractivity contribution in [3.8, 4) is 0 Å². The summed E-state index contributed by atoms with van der Waals surface area (Å²) in [6, 6.07) is 9.91. The molecule has 1 aromatic carbocycles. The summed E-state index contributed by atoms with van der Waals surface area (Å²) >= 11 is 0. The van der Waals surface area contributed by atoms with Crippen LogP contribution < -0.4 is 5.32 Å². The highest BCUT2D eigenvalue weighted by atomic mass is 32.2. The lowest BCUT2D eigenvalue weighted by Crippen LogP contribution is -2.30. The van der Waals surface area contributed by atoms with Gasteiger partial charge in [0.1, 0.15) is 0 Å². The third-order valence-corrected chi connectivity index (χ3v) is 3.56. The quantitative estimate of drug-likeness (QED) is 0.804. The number of nitrogens with one attached hydrogen (secondary N) is 1. The monoisotopic (exact) mass is 211 g/mol. The molecule has 0 amide bonds. The second-order valence-corrected chi connectivity index (χ2v) is 4.78. The van der Waals surface area contributed by atoms with Crippen LogP contribution in [0.25, 0.3) is 0 Å². The molecule has 0 saturated heterocycles. The fourth-order valence-electron chi connectivity index (χ4n) is 1.30. The zero-order valence-corrected chi connectivity index (χ0v) is 9.51. The van der Waals surface area contributed by atoms with Crippen LogP contribution in [-0.4, -0.2) is 22.5 Å². The Morgan fingerprint density at radius 3 is 2.57 bits per heavy atom. The highest BCUT2D eigenvalue weighted by Crippen LogP contribution is 2.06. The first-order chi connectivity index (χ1) is 6.74. The smallest absolute Gasteiger partial charge is 0.0545 e. The molecule has 78 valence electrons. The molecule has 0 aliphatic heterocycles. The highest BCUT2D eigenvalue weighted by Gasteiger charge is 2.07. The molecule has 0 saturated carbocycles. The first kappa shape index (κ1) is 11.4. The molecule has 2 unspecified atom stereocenters. The Morgan fingerprint density at radius 2 is 2.00 bits per heavy atom. The van der Waals surface area contributed by atoms with Crippen molar-refractivity contribution in [3.05, 3.63) is 30.3 Å². The van der Waals surface area contributed by atoms with Crippen molar-refractivity contribution in [1.29, 1.82) is 0 Å². The van der Waals surface area contributed by atoms with E-state index in [0.29, 0.717) is 11.8 Å². The standard InChI is InChI=1S/C11H17NOS/c1-3-12-10(2)9-14(13)11-7-5-4-6-8-11/h4-8,10,12H,3,9H2,1-2H3. The molecule has 0 aliphatic carbocycles. The SMILES string of the molecule is CCNC(C)CS(=O)c1ccccc1. The van der Waals surface area contributed by atoms with Gasteiger partial charge in [0.15, 0.2) is 0 Å². The lowest BCUT2D eigenvalue weighted by atomic mass is 10.4. The third-order valence-electron chi connectivity index (χ3n) is 1.96. The summed E-state index contributed by atoms with van der Waals surface area (Å²) < 4.78 is 11.8. The first-order valence-corrected chi connectivity index (χ1v) is 6.22. The second-order valence-electron chi connectivity index (χ2n) is 3.28. The average Bonchev–Trinajstić information content (AvgIpc) is 2.19. The van der Waals surface area contributed by atoms with E-state index in [0.717, 1.165) is 11.4 Å². The lowest BCUT2D eigenvalue weighted by molar-refractivity contribution is 0.607. The van der Waals surface area contributed by atoms with Crippen LogP contribution in [0.2, 0.25) is 0 Å². The summed E-state index contributed by atoms with van der Waals surface area (Å²) in [5, 5.41) is 3.25. The van der Waals surface area contributed by atoms with Gasteiger partial charge >= 0.3 is 0 Å². The molecule has 0 bridgehead atoms. The molecule has 1 aromatic rings. The van der Waals surface area contributed by atoms with Gasteiger partial charge in [-0.05, 0) is 25.6 Å². The number of rotatable bonds is 5. The maximum Gasteiger partial charge on any atom is 0.0545 e. The summed E-state index contributed by atoms with van der Waals surface area (Å²) in [4.78, 5) is 0.914. The molecule has 3 heteroatoms. The van der Waals surface area contributed by atoms with Gasteiger partial charge in [0, 0.05) is 16.7 Å². The van der Waals surface area contributed by atoms with Gasteiger partial charge < -0.3 is 5.32 Å². The van der Waals surface area contributed by atoms with E-state index in [4.69, 9.17) is 0 Å². The Balaban J connectivity index is 2.51. The van der Waals surface area contributed by atoms with Crippen molar-refractivity contribution in [1.82, 2.24) is 5.32 Å². The number of benzene rings is 1. The van der Waals surface area contributed by atoms with Gasteiger partial charge in [0.2, 0.25) is 0 Å². The summed E-state index contributed by atoms with van der Waals surface area (Å²) in [6.45, 7) is 5.04. The largest absolute Gasteiger partial charge is 0.314 e. The van der Waals surface area contributed by atoms with Crippen LogP contribution in [0.15, 0.2) is 35.2 Å². The van der Waals surface area contributed by atoms with E-state index >= 15 is 0 Å². The molecule has 0 fully saturated rings. The molecule has 1 N–H and O–H groups in total. The fourth-order valence-corrected chi connectivity index (χ4v) is 2.53. The molecule has 0 spiro atoms. The van der Waals surface area contributed by atoms with Crippen molar-refractivity contribution < 1.29 is 4.21 Å². The van der Waals surface area contributed by atoms with E-state index in [9.17, 15) is 4.21 Å². The Hall–Kier alpha value is -0.670. The predicted octanol–water partition coefficient (Wildman–Crippen LogP) is 1.79. The van der Waals surface area contributed by atoms with Crippen molar-refractivity contribution in [2.45, 2.75) is 24.8 Å². The Morgan fingerprint density at radius 1 is 1.36 bits per heavy atom. The van der Waals surface area contributed by atoms with Crippen molar-refractivity contribution in [3.63, 3.8) is 0 Å². The van der Waals surface area contributed by atoms with Gasteiger partial charge in [-0.1, -0.05) is 25.1 Å². The molecule has 2 atom stereocenters. The van der Waals surface area contributed by atoms with Gasteiger partial charge in [-0.15, -0.1) is 0 Å². The van der Waals surface area contributed by atoms with Gasteiger partial charge in [-0.25, -0.2) is 0 Å². The van der Waals surface area contributed by atoms with Gasteiger partial charge in [0.05, 0.1) is 10.8 Å². The summed E-state index contributed by atoms with van der Waals surface area (Å²) in [6.07, 6.45) is 0. The zero-order chi connectivity index (χ0) is 10.4. The number of hydrogen-bond donors (Lipinski definition) is 1. The van der Waals surface area contributed by atoms with Crippen LogP contribution in [0.5, 0.6) is 0 Å². The molecule has 0 heterocycles. The van der Waals surface area contributed by atoms with E-state index in [1.165, 1.54) is 0 Å². The summed E-state index contributed by atoms with van der Waals surface area (Å²) in [5.74, 6) is 0.678. The molecule has 0 aromatic heterocycles. The zero-order valence-electron chi connectivity index (χ0n) is 8.69. The van der Waals surface area contributed by atoms with Crippen molar-refractivity contribution in [2.75, 3.05) is 12.3 Å². The Bertz CT molecular complexity index is 287. The third kappa shape index (κ3) is 3.60. The average molecular weight is 211 g/mol. The van der Waals surface area contributed by atoms with Crippen LogP contribution in [-0.2, 0) is 10.8 Å². The van der Waals surface area contributed by atoms with Crippen LogP contribution >= 0.6 is 0 Å². The lowest BCUT2D eigenvalue weighted by Gasteiger charge is -2.11. The van der Waals surface area contributed by atoms with E-state index in [1.807, 2.05) is 30.3 Å². The van der Waals surface area contributed by atoms with Crippen LogP contribution in [0.4, 0.5) is 0 Å². The van der Waals surface area contributed by atoms with E-state index in [-0.39, 0.29) is 0 Å². The van der Waals surface area contributed by atoms with E-state index in [2.05, 4.69) is 19.2 Å². The second kappa shape index (κ2) is 5.94. The Kier molecular flexibility index (Phi) is 4.84. The van der Waals surface area contributed by atoms with Gasteiger partial charge in [-0.2, -0.15) is 0 Å². The highest BCUT2D eigenvalue weighted by molar-refractivity contribution is 7.85. The summed E-state index contributed by atoms with van der Waals surface area (Å²) in [7, 11) is -0.877. The molecular formula is C11H17NOS. The van der Waals surface area contributed by atoms with Gasteiger partial charge in [0.25, 0.3) is 0 Å². The minimum atomic E-state index is -0.877. The normalized spacial score (nSPS) is 15.0. The van der Waals surface area contributed by atoms with Crippen LogP contribution in [0.3, 0.4) is 0 Å². The Labute approximate surface area is 88.2 Å².